The Hall–Kier alpha value is -2.02. The summed E-state index contributed by atoms with van der Waals surface area (Å²) in [5, 5.41) is 5.27. The maximum atomic E-state index is 12.1. The zero-order chi connectivity index (χ0) is 16.7. The molecular weight excluding hydrogens is 314 g/mol. The number of nitrogens with one attached hydrogen (secondary N) is 2. The highest BCUT2D eigenvalue weighted by Crippen LogP contribution is 2.34. The first-order valence-corrected chi connectivity index (χ1v) is 8.66. The van der Waals surface area contributed by atoms with Gasteiger partial charge in [-0.1, -0.05) is 19.1 Å². The van der Waals surface area contributed by atoms with Crippen molar-refractivity contribution in [3.05, 3.63) is 24.3 Å². The summed E-state index contributed by atoms with van der Waals surface area (Å²) in [5.41, 5.74) is 0.849. The number of thioether (sulfide) groups is 1. The van der Waals surface area contributed by atoms with Crippen LogP contribution in [0.2, 0.25) is 0 Å². The highest BCUT2D eigenvalue weighted by molar-refractivity contribution is 8.00. The van der Waals surface area contributed by atoms with Crippen molar-refractivity contribution in [1.82, 2.24) is 10.6 Å². The molecule has 1 aromatic carbocycles. The van der Waals surface area contributed by atoms with E-state index in [1.807, 2.05) is 31.2 Å². The molecule has 1 aliphatic heterocycles. The molecule has 0 aromatic heterocycles. The van der Waals surface area contributed by atoms with Gasteiger partial charge in [0.15, 0.2) is 0 Å². The van der Waals surface area contributed by atoms with E-state index in [0.29, 0.717) is 18.8 Å². The summed E-state index contributed by atoms with van der Waals surface area (Å²) >= 11 is 1.51. The average molecular weight is 335 g/mol. The van der Waals surface area contributed by atoms with E-state index in [9.17, 15) is 14.4 Å². The molecule has 124 valence electrons. The maximum absolute atomic E-state index is 12.1. The lowest BCUT2D eigenvalue weighted by Gasteiger charge is -2.28. The van der Waals surface area contributed by atoms with Crippen molar-refractivity contribution in [3.8, 4) is 0 Å². The van der Waals surface area contributed by atoms with Gasteiger partial charge in [-0.05, 0) is 18.6 Å². The van der Waals surface area contributed by atoms with Gasteiger partial charge in [-0.15, -0.1) is 11.8 Å². The van der Waals surface area contributed by atoms with E-state index in [4.69, 9.17) is 0 Å². The number of amides is 3. The Morgan fingerprint density at radius 2 is 2.00 bits per heavy atom. The zero-order valence-electron chi connectivity index (χ0n) is 13.1. The van der Waals surface area contributed by atoms with Crippen LogP contribution in [-0.4, -0.2) is 43.1 Å². The van der Waals surface area contributed by atoms with Crippen molar-refractivity contribution in [2.24, 2.45) is 0 Å². The lowest BCUT2D eigenvalue weighted by Crippen LogP contribution is -2.40. The largest absolute Gasteiger partial charge is 0.355 e. The van der Waals surface area contributed by atoms with E-state index in [2.05, 4.69) is 10.6 Å². The minimum atomic E-state index is -0.236. The first-order chi connectivity index (χ1) is 11.1. The normalized spacial score (nSPS) is 13.4. The quantitative estimate of drug-likeness (QED) is 0.784. The van der Waals surface area contributed by atoms with Crippen molar-refractivity contribution in [2.75, 3.05) is 30.3 Å². The smallest absolute Gasteiger partial charge is 0.239 e. The molecule has 2 rings (SSSR count). The summed E-state index contributed by atoms with van der Waals surface area (Å²) in [6, 6.07) is 7.66. The summed E-state index contributed by atoms with van der Waals surface area (Å²) in [5.74, 6) is -0.0451. The van der Waals surface area contributed by atoms with Gasteiger partial charge in [0.1, 0.15) is 0 Å². The first kappa shape index (κ1) is 17.3. The van der Waals surface area contributed by atoms with Crippen LogP contribution in [0.3, 0.4) is 0 Å². The third kappa shape index (κ3) is 4.99. The number of carbonyl (C=O) groups is 3. The maximum Gasteiger partial charge on any atom is 0.239 e. The number of carbonyl (C=O) groups excluding carboxylic acids is 3. The molecule has 0 radical (unpaired) electrons. The summed E-state index contributed by atoms with van der Waals surface area (Å²) < 4.78 is 0. The second kappa shape index (κ2) is 8.57. The minimum Gasteiger partial charge on any atom is -0.355 e. The molecule has 0 unspecified atom stereocenters. The number of benzene rings is 1. The zero-order valence-corrected chi connectivity index (χ0v) is 13.9. The van der Waals surface area contributed by atoms with Crippen molar-refractivity contribution >= 4 is 35.2 Å². The molecule has 0 atom stereocenters. The highest BCUT2D eigenvalue weighted by Gasteiger charge is 2.24. The van der Waals surface area contributed by atoms with Crippen LogP contribution in [-0.2, 0) is 14.4 Å². The Balaban J connectivity index is 1.82. The third-order valence-electron chi connectivity index (χ3n) is 3.39. The molecule has 1 aromatic rings. The van der Waals surface area contributed by atoms with E-state index in [0.717, 1.165) is 17.0 Å². The monoisotopic (exact) mass is 335 g/mol. The van der Waals surface area contributed by atoms with Gasteiger partial charge in [-0.25, -0.2) is 0 Å². The van der Waals surface area contributed by atoms with Crippen LogP contribution >= 0.6 is 11.8 Å². The lowest BCUT2D eigenvalue weighted by atomic mass is 10.2. The average Bonchev–Trinajstić information content (AvgIpc) is 2.57. The predicted molar refractivity (Wildman–Crippen MR) is 90.4 cm³/mol. The van der Waals surface area contributed by atoms with Crippen LogP contribution in [0.1, 0.15) is 19.8 Å². The van der Waals surface area contributed by atoms with E-state index < -0.39 is 0 Å². The molecule has 23 heavy (non-hydrogen) atoms. The van der Waals surface area contributed by atoms with E-state index >= 15 is 0 Å². The van der Waals surface area contributed by atoms with Crippen LogP contribution < -0.4 is 15.5 Å². The van der Waals surface area contributed by atoms with Crippen LogP contribution in [0.4, 0.5) is 5.69 Å². The van der Waals surface area contributed by atoms with Gasteiger partial charge in [-0.3, -0.25) is 14.4 Å². The first-order valence-electron chi connectivity index (χ1n) is 7.67. The Morgan fingerprint density at radius 1 is 1.22 bits per heavy atom. The molecule has 1 aliphatic rings. The molecule has 0 saturated carbocycles. The van der Waals surface area contributed by atoms with Gasteiger partial charge in [0.05, 0.1) is 18.0 Å². The van der Waals surface area contributed by atoms with Crippen LogP contribution in [0.15, 0.2) is 29.2 Å². The van der Waals surface area contributed by atoms with Crippen LogP contribution in [0.5, 0.6) is 0 Å². The van der Waals surface area contributed by atoms with Crippen LogP contribution in [0.25, 0.3) is 0 Å². The second-order valence-electron chi connectivity index (χ2n) is 5.18. The standard InChI is InChI=1S/C16H21N3O3S/c1-2-8-17-15(21)10-18-14(20)7-9-19-12-5-3-4-6-13(12)23-11-16(19)22/h3-6H,2,7-11H2,1H3,(H,17,21)(H,18,20). The van der Waals surface area contributed by atoms with Crippen LogP contribution in [0, 0.1) is 0 Å². The molecule has 2 N–H and O–H groups in total. The fraction of sp³-hybridized carbons (Fsp3) is 0.438. The Kier molecular flexibility index (Phi) is 6.46. The number of anilines is 1. The molecule has 3 amide bonds. The number of nitrogens with zero attached hydrogens (tertiary/aromatic N) is 1. The van der Waals surface area contributed by atoms with Gasteiger partial charge in [0, 0.05) is 24.4 Å². The lowest BCUT2D eigenvalue weighted by molar-refractivity contribution is -0.126. The minimum absolute atomic E-state index is 0.00203. The summed E-state index contributed by atoms with van der Waals surface area (Å²) in [4.78, 5) is 38.0. The van der Waals surface area contributed by atoms with Gasteiger partial charge in [0.2, 0.25) is 17.7 Å². The number of para-hydroxylation sites is 1. The molecule has 0 fully saturated rings. The second-order valence-corrected chi connectivity index (χ2v) is 6.20. The molecule has 0 saturated heterocycles. The SMILES string of the molecule is CCCNC(=O)CNC(=O)CCN1C(=O)CSc2ccccc21. The van der Waals surface area contributed by atoms with E-state index in [-0.39, 0.29) is 30.7 Å². The molecular formula is C16H21N3O3S. The van der Waals surface area contributed by atoms with Crippen molar-refractivity contribution in [1.29, 1.82) is 0 Å². The summed E-state index contributed by atoms with van der Waals surface area (Å²) in [6.45, 7) is 2.86. The van der Waals surface area contributed by atoms with Crippen molar-refractivity contribution in [3.63, 3.8) is 0 Å². The number of hydrogen-bond donors (Lipinski definition) is 2. The topological polar surface area (TPSA) is 78.5 Å². The Bertz CT molecular complexity index is 592. The third-order valence-corrected chi connectivity index (χ3v) is 4.44. The molecule has 0 aliphatic carbocycles. The Morgan fingerprint density at radius 3 is 2.78 bits per heavy atom. The summed E-state index contributed by atoms with van der Waals surface area (Å²) in [6.07, 6.45) is 1.03. The fourth-order valence-corrected chi connectivity index (χ4v) is 3.14. The fourth-order valence-electron chi connectivity index (χ4n) is 2.21. The van der Waals surface area contributed by atoms with Gasteiger partial charge < -0.3 is 15.5 Å². The van der Waals surface area contributed by atoms with Gasteiger partial charge >= 0.3 is 0 Å². The van der Waals surface area contributed by atoms with E-state index in [1.165, 1.54) is 11.8 Å². The number of fused-ring (bicyclic) bond motifs is 1. The summed E-state index contributed by atoms with van der Waals surface area (Å²) in [7, 11) is 0. The van der Waals surface area contributed by atoms with Crippen molar-refractivity contribution < 1.29 is 14.4 Å². The molecule has 1 heterocycles. The predicted octanol–water partition coefficient (Wildman–Crippen LogP) is 1.16. The molecule has 0 bridgehead atoms. The highest BCUT2D eigenvalue weighted by atomic mass is 32.2. The van der Waals surface area contributed by atoms with E-state index in [1.54, 1.807) is 4.90 Å². The van der Waals surface area contributed by atoms with Gasteiger partial charge in [-0.2, -0.15) is 0 Å². The molecule has 0 spiro atoms. The number of hydrogen-bond acceptors (Lipinski definition) is 4. The Labute approximate surface area is 140 Å². The van der Waals surface area contributed by atoms with Crippen molar-refractivity contribution in [2.45, 2.75) is 24.7 Å². The molecule has 6 nitrogen and oxygen atoms in total. The number of rotatable bonds is 7. The molecule has 7 heteroatoms. The van der Waals surface area contributed by atoms with Gasteiger partial charge in [0.25, 0.3) is 0 Å².